The van der Waals surface area contributed by atoms with Crippen LogP contribution in [0.5, 0.6) is 0 Å². The summed E-state index contributed by atoms with van der Waals surface area (Å²) in [5, 5.41) is 1.70. The number of rotatable bonds is 4. The van der Waals surface area contributed by atoms with Crippen molar-refractivity contribution in [1.82, 2.24) is 10.4 Å². The van der Waals surface area contributed by atoms with Crippen molar-refractivity contribution in [3.8, 4) is 0 Å². The Balaban J connectivity index is 1.34. The number of halogens is 1. The van der Waals surface area contributed by atoms with Gasteiger partial charge in [0.15, 0.2) is 6.54 Å². The van der Waals surface area contributed by atoms with Crippen molar-refractivity contribution >= 4 is 11.6 Å². The lowest BCUT2D eigenvalue weighted by molar-refractivity contribution is -0.892. The summed E-state index contributed by atoms with van der Waals surface area (Å²) in [7, 11) is 0. The van der Waals surface area contributed by atoms with Gasteiger partial charge in [0.05, 0.1) is 37.9 Å². The van der Waals surface area contributed by atoms with Gasteiger partial charge in [0.25, 0.3) is 5.91 Å². The standard InChI is InChI=1S/C21H23FN4O/c22-18-8-4-5-9-20(18)25-14-12-24(13-15-25)16-21(27)26-19(10-11-23-26)17-6-2-1-3-7-17/h1-11,19,23H,12-16H2/p+1/t19-/m0/s1. The zero-order valence-electron chi connectivity index (χ0n) is 15.1. The zero-order valence-corrected chi connectivity index (χ0v) is 15.1. The number of hydrazine groups is 1. The molecule has 0 spiro atoms. The molecule has 0 unspecified atom stereocenters. The number of quaternary nitrogens is 1. The van der Waals surface area contributed by atoms with Crippen LogP contribution >= 0.6 is 0 Å². The van der Waals surface area contributed by atoms with Crippen molar-refractivity contribution in [2.75, 3.05) is 37.6 Å². The molecule has 0 aliphatic carbocycles. The number of nitrogens with zero attached hydrogens (tertiary/aromatic N) is 2. The van der Waals surface area contributed by atoms with Crippen molar-refractivity contribution < 1.29 is 14.1 Å². The van der Waals surface area contributed by atoms with Gasteiger partial charge in [-0.25, -0.2) is 9.40 Å². The topological polar surface area (TPSA) is 40.0 Å². The van der Waals surface area contributed by atoms with E-state index in [0.717, 1.165) is 31.7 Å². The number of carbonyl (C=O) groups is 1. The molecule has 2 aliphatic heterocycles. The molecule has 2 N–H and O–H groups in total. The highest BCUT2D eigenvalue weighted by Gasteiger charge is 2.30. The first-order valence-corrected chi connectivity index (χ1v) is 9.35. The number of hydrogen-bond acceptors (Lipinski definition) is 3. The normalized spacial score (nSPS) is 20.0. The molecule has 1 saturated heterocycles. The Labute approximate surface area is 158 Å². The van der Waals surface area contributed by atoms with Crippen molar-refractivity contribution in [3.05, 3.63) is 78.3 Å². The summed E-state index contributed by atoms with van der Waals surface area (Å²) in [5.41, 5.74) is 4.81. The zero-order chi connectivity index (χ0) is 18.6. The second kappa shape index (κ2) is 7.80. The maximum Gasteiger partial charge on any atom is 0.296 e. The molecule has 2 heterocycles. The largest absolute Gasteiger partial charge is 0.358 e. The third-order valence-corrected chi connectivity index (χ3v) is 5.25. The lowest BCUT2D eigenvalue weighted by Crippen LogP contribution is -3.16. The summed E-state index contributed by atoms with van der Waals surface area (Å²) in [5.74, 6) is -0.113. The Kier molecular flexibility index (Phi) is 5.07. The molecule has 27 heavy (non-hydrogen) atoms. The van der Waals surface area contributed by atoms with Gasteiger partial charge in [-0.3, -0.25) is 4.79 Å². The highest BCUT2D eigenvalue weighted by Crippen LogP contribution is 2.23. The average molecular weight is 367 g/mol. The number of anilines is 1. The number of amides is 1. The number of hydrogen-bond donors (Lipinski definition) is 2. The molecule has 0 radical (unpaired) electrons. The van der Waals surface area contributed by atoms with Gasteiger partial charge in [0.2, 0.25) is 0 Å². The van der Waals surface area contributed by atoms with Gasteiger partial charge in [-0.05, 0) is 23.8 Å². The van der Waals surface area contributed by atoms with Gasteiger partial charge < -0.3 is 15.2 Å². The third-order valence-electron chi connectivity index (χ3n) is 5.25. The molecule has 6 heteroatoms. The predicted octanol–water partition coefficient (Wildman–Crippen LogP) is 1.13. The number of nitrogens with one attached hydrogen (secondary N) is 2. The summed E-state index contributed by atoms with van der Waals surface area (Å²) in [6.45, 7) is 3.56. The van der Waals surface area contributed by atoms with Crippen LogP contribution in [0.2, 0.25) is 0 Å². The number of piperazine rings is 1. The van der Waals surface area contributed by atoms with Crippen molar-refractivity contribution in [2.24, 2.45) is 0 Å². The van der Waals surface area contributed by atoms with Crippen LogP contribution in [-0.2, 0) is 4.79 Å². The van der Waals surface area contributed by atoms with E-state index in [2.05, 4.69) is 10.3 Å². The minimum atomic E-state index is -0.185. The smallest absolute Gasteiger partial charge is 0.296 e. The minimum absolute atomic E-state index is 0.0715. The molecular formula is C21H24FN4O+. The fraction of sp³-hybridized carbons (Fsp3) is 0.286. The van der Waals surface area contributed by atoms with Crippen LogP contribution in [0.4, 0.5) is 10.1 Å². The van der Waals surface area contributed by atoms with Crippen LogP contribution in [-0.4, -0.2) is 43.6 Å². The Morgan fingerprint density at radius 3 is 2.52 bits per heavy atom. The molecule has 0 saturated carbocycles. The van der Waals surface area contributed by atoms with E-state index >= 15 is 0 Å². The molecule has 4 rings (SSSR count). The number of benzene rings is 2. The summed E-state index contributed by atoms with van der Waals surface area (Å²) in [4.78, 5) is 16.1. The first-order chi connectivity index (χ1) is 13.2. The van der Waals surface area contributed by atoms with E-state index in [1.165, 1.54) is 11.0 Å². The van der Waals surface area contributed by atoms with Crippen LogP contribution < -0.4 is 15.2 Å². The van der Waals surface area contributed by atoms with Crippen molar-refractivity contribution in [1.29, 1.82) is 0 Å². The van der Waals surface area contributed by atoms with E-state index < -0.39 is 0 Å². The Hall–Kier alpha value is -2.86. The van der Waals surface area contributed by atoms with Gasteiger partial charge in [-0.2, -0.15) is 0 Å². The molecule has 1 fully saturated rings. The fourth-order valence-corrected chi connectivity index (χ4v) is 3.77. The maximum absolute atomic E-state index is 14.0. The summed E-state index contributed by atoms with van der Waals surface area (Å²) in [6.07, 6.45) is 3.82. The summed E-state index contributed by atoms with van der Waals surface area (Å²) < 4.78 is 14.0. The highest BCUT2D eigenvalue weighted by molar-refractivity contribution is 5.78. The second-order valence-electron chi connectivity index (χ2n) is 6.97. The first-order valence-electron chi connectivity index (χ1n) is 9.35. The molecule has 2 aliphatic rings. The van der Waals surface area contributed by atoms with E-state index in [1.807, 2.05) is 54.7 Å². The molecule has 2 aromatic carbocycles. The average Bonchev–Trinajstić information content (AvgIpc) is 3.20. The lowest BCUT2D eigenvalue weighted by Gasteiger charge is -2.34. The number of carbonyl (C=O) groups excluding carboxylic acids is 1. The molecule has 1 atom stereocenters. The van der Waals surface area contributed by atoms with E-state index in [0.29, 0.717) is 12.2 Å². The molecule has 1 amide bonds. The van der Waals surface area contributed by atoms with Gasteiger partial charge in [-0.1, -0.05) is 42.5 Å². The highest BCUT2D eigenvalue weighted by atomic mass is 19.1. The lowest BCUT2D eigenvalue weighted by atomic mass is 10.1. The van der Waals surface area contributed by atoms with Crippen LogP contribution in [0.3, 0.4) is 0 Å². The second-order valence-corrected chi connectivity index (χ2v) is 6.97. The molecular weight excluding hydrogens is 343 g/mol. The van der Waals surface area contributed by atoms with E-state index in [1.54, 1.807) is 11.1 Å². The summed E-state index contributed by atoms with van der Waals surface area (Å²) in [6, 6.07) is 16.8. The SMILES string of the molecule is O=C(C[NH+]1CCN(c2ccccc2F)CC1)N1NC=C[C@H]1c1ccccc1. The minimum Gasteiger partial charge on any atom is -0.358 e. The van der Waals surface area contributed by atoms with Gasteiger partial charge >= 0.3 is 0 Å². The Morgan fingerprint density at radius 2 is 1.78 bits per heavy atom. The van der Waals surface area contributed by atoms with Crippen LogP contribution in [0.1, 0.15) is 11.6 Å². The van der Waals surface area contributed by atoms with E-state index in [9.17, 15) is 9.18 Å². The van der Waals surface area contributed by atoms with Crippen molar-refractivity contribution in [3.63, 3.8) is 0 Å². The van der Waals surface area contributed by atoms with E-state index in [-0.39, 0.29) is 17.8 Å². The number of para-hydroxylation sites is 1. The first kappa shape index (κ1) is 17.5. The maximum atomic E-state index is 14.0. The predicted molar refractivity (Wildman–Crippen MR) is 102 cm³/mol. The van der Waals surface area contributed by atoms with Crippen LogP contribution in [0.15, 0.2) is 66.9 Å². The summed E-state index contributed by atoms with van der Waals surface area (Å²) >= 11 is 0. The van der Waals surface area contributed by atoms with Gasteiger partial charge in [-0.15, -0.1) is 0 Å². The fourth-order valence-electron chi connectivity index (χ4n) is 3.77. The monoisotopic (exact) mass is 367 g/mol. The van der Waals surface area contributed by atoms with Crippen LogP contribution in [0, 0.1) is 5.82 Å². The van der Waals surface area contributed by atoms with Crippen molar-refractivity contribution in [2.45, 2.75) is 6.04 Å². The molecule has 0 aromatic heterocycles. The Morgan fingerprint density at radius 1 is 1.07 bits per heavy atom. The van der Waals surface area contributed by atoms with Crippen LogP contribution in [0.25, 0.3) is 0 Å². The Bertz CT molecular complexity index is 818. The third kappa shape index (κ3) is 3.80. The molecule has 140 valence electrons. The quantitative estimate of drug-likeness (QED) is 0.851. The molecule has 2 aromatic rings. The van der Waals surface area contributed by atoms with Gasteiger partial charge in [0.1, 0.15) is 5.82 Å². The van der Waals surface area contributed by atoms with Gasteiger partial charge in [0, 0.05) is 6.20 Å². The van der Waals surface area contributed by atoms with E-state index in [4.69, 9.17) is 0 Å². The molecule has 0 bridgehead atoms. The molecule has 5 nitrogen and oxygen atoms in total.